The van der Waals surface area contributed by atoms with Gasteiger partial charge in [0.15, 0.2) is 0 Å². The maximum Gasteiger partial charge on any atom is 0.262 e. The second-order valence-corrected chi connectivity index (χ2v) is 6.50. The highest BCUT2D eigenvalue weighted by molar-refractivity contribution is 7.17. The minimum Gasteiger partial charge on any atom is -0.296 e. The van der Waals surface area contributed by atoms with Crippen LogP contribution < -0.4 is 5.56 Å². The Hall–Kier alpha value is -1.94. The normalized spacial score (nSPS) is 14.3. The molecule has 0 N–H and O–H groups in total. The molecule has 3 heterocycles. The number of fused-ring (bicyclic) bond motifs is 2. The lowest BCUT2D eigenvalue weighted by Gasteiger charge is -2.17. The largest absolute Gasteiger partial charge is 0.296 e. The van der Waals surface area contributed by atoms with E-state index >= 15 is 0 Å². The summed E-state index contributed by atoms with van der Waals surface area (Å²) < 4.78 is 1.87. The molecule has 3 aromatic rings. The first-order valence-corrected chi connectivity index (χ1v) is 8.20. The number of aromatic nitrogens is 2. The van der Waals surface area contributed by atoms with Crippen LogP contribution in [0.25, 0.3) is 21.3 Å². The molecule has 0 unspecified atom stereocenters. The van der Waals surface area contributed by atoms with E-state index in [-0.39, 0.29) is 5.56 Å². The van der Waals surface area contributed by atoms with E-state index in [1.54, 1.807) is 11.3 Å². The molecule has 106 valence electrons. The van der Waals surface area contributed by atoms with E-state index in [1.165, 1.54) is 5.56 Å². The van der Waals surface area contributed by atoms with Crippen LogP contribution in [0.1, 0.15) is 24.2 Å². The van der Waals surface area contributed by atoms with Gasteiger partial charge in [0.25, 0.3) is 5.56 Å². The average Bonchev–Trinajstić information content (AvgIpc) is 2.92. The van der Waals surface area contributed by atoms with E-state index in [2.05, 4.69) is 36.6 Å². The molecule has 0 amide bonds. The van der Waals surface area contributed by atoms with Gasteiger partial charge in [-0.15, -0.1) is 11.3 Å². The summed E-state index contributed by atoms with van der Waals surface area (Å²) >= 11 is 1.58. The van der Waals surface area contributed by atoms with Gasteiger partial charge in [0.05, 0.1) is 5.39 Å². The highest BCUT2D eigenvalue weighted by atomic mass is 32.1. The fraction of sp³-hybridized carbons (Fsp3) is 0.294. The molecule has 1 aromatic carbocycles. The molecule has 0 aliphatic carbocycles. The molecule has 3 nitrogen and oxygen atoms in total. The Morgan fingerprint density at radius 1 is 1.19 bits per heavy atom. The number of rotatable bonds is 1. The number of aryl methyl sites for hydroxylation is 2. The molecule has 0 atom stereocenters. The number of nitrogens with zero attached hydrogens (tertiary/aromatic N) is 2. The standard InChI is InChI=1S/C17H16N2OS/c1-11-5-7-12(8-6-11)13-10-21-16-15(13)17(20)19-9-3-2-4-14(19)18-16/h5-8,10H,2-4,9H2,1H3. The van der Waals surface area contributed by atoms with Gasteiger partial charge in [-0.2, -0.15) is 0 Å². The van der Waals surface area contributed by atoms with E-state index in [0.717, 1.165) is 53.0 Å². The van der Waals surface area contributed by atoms with Crippen LogP contribution in [0.2, 0.25) is 0 Å². The monoisotopic (exact) mass is 296 g/mol. The molecule has 2 aromatic heterocycles. The van der Waals surface area contributed by atoms with Gasteiger partial charge in [0.2, 0.25) is 0 Å². The van der Waals surface area contributed by atoms with Crippen molar-refractivity contribution in [1.29, 1.82) is 0 Å². The molecule has 0 radical (unpaired) electrons. The highest BCUT2D eigenvalue weighted by Gasteiger charge is 2.18. The van der Waals surface area contributed by atoms with Gasteiger partial charge < -0.3 is 0 Å². The van der Waals surface area contributed by atoms with E-state index in [0.29, 0.717) is 0 Å². The zero-order valence-corrected chi connectivity index (χ0v) is 12.7. The Balaban J connectivity index is 1.99. The van der Waals surface area contributed by atoms with Crippen LogP contribution in [0, 0.1) is 6.92 Å². The quantitative estimate of drug-likeness (QED) is 0.685. The van der Waals surface area contributed by atoms with Gasteiger partial charge in [-0.25, -0.2) is 4.98 Å². The van der Waals surface area contributed by atoms with Crippen molar-refractivity contribution in [1.82, 2.24) is 9.55 Å². The van der Waals surface area contributed by atoms with Crippen molar-refractivity contribution in [3.8, 4) is 11.1 Å². The Morgan fingerprint density at radius 3 is 2.81 bits per heavy atom. The lowest BCUT2D eigenvalue weighted by Crippen LogP contribution is -2.28. The molecule has 0 bridgehead atoms. The number of hydrogen-bond donors (Lipinski definition) is 0. The number of hydrogen-bond acceptors (Lipinski definition) is 3. The molecule has 1 aliphatic heterocycles. The first-order chi connectivity index (χ1) is 10.2. The van der Waals surface area contributed by atoms with Crippen LogP contribution >= 0.6 is 11.3 Å². The molecular weight excluding hydrogens is 280 g/mol. The van der Waals surface area contributed by atoms with Crippen LogP contribution in [-0.4, -0.2) is 9.55 Å². The minimum atomic E-state index is 0.131. The zero-order valence-electron chi connectivity index (χ0n) is 11.9. The molecule has 21 heavy (non-hydrogen) atoms. The maximum atomic E-state index is 12.8. The van der Waals surface area contributed by atoms with Crippen molar-refractivity contribution in [3.63, 3.8) is 0 Å². The predicted octanol–water partition coefficient (Wildman–Crippen LogP) is 3.77. The molecule has 4 rings (SSSR count). The van der Waals surface area contributed by atoms with Crippen LogP contribution in [0.15, 0.2) is 34.4 Å². The van der Waals surface area contributed by atoms with Crippen LogP contribution in [0.5, 0.6) is 0 Å². The Labute approximate surface area is 126 Å². The van der Waals surface area contributed by atoms with Crippen molar-refractivity contribution < 1.29 is 0 Å². The summed E-state index contributed by atoms with van der Waals surface area (Å²) in [6.45, 7) is 2.88. The zero-order chi connectivity index (χ0) is 14.4. The second-order valence-electron chi connectivity index (χ2n) is 5.64. The van der Waals surface area contributed by atoms with Gasteiger partial charge in [-0.3, -0.25) is 9.36 Å². The fourth-order valence-corrected chi connectivity index (χ4v) is 3.94. The van der Waals surface area contributed by atoms with Crippen molar-refractivity contribution in [2.75, 3.05) is 0 Å². The van der Waals surface area contributed by atoms with Crippen LogP contribution in [0.4, 0.5) is 0 Å². The van der Waals surface area contributed by atoms with Gasteiger partial charge in [-0.05, 0) is 25.3 Å². The smallest absolute Gasteiger partial charge is 0.262 e. The summed E-state index contributed by atoms with van der Waals surface area (Å²) in [5.41, 5.74) is 3.48. The summed E-state index contributed by atoms with van der Waals surface area (Å²) in [4.78, 5) is 18.4. The van der Waals surface area contributed by atoms with Crippen molar-refractivity contribution >= 4 is 21.6 Å². The molecule has 0 spiro atoms. The molecule has 0 saturated carbocycles. The minimum absolute atomic E-state index is 0.131. The fourth-order valence-electron chi connectivity index (χ4n) is 2.99. The van der Waals surface area contributed by atoms with E-state index in [9.17, 15) is 4.79 Å². The van der Waals surface area contributed by atoms with E-state index in [4.69, 9.17) is 4.98 Å². The van der Waals surface area contributed by atoms with Gasteiger partial charge in [0, 0.05) is 23.9 Å². The molecule has 1 aliphatic rings. The lowest BCUT2D eigenvalue weighted by atomic mass is 10.0. The summed E-state index contributed by atoms with van der Waals surface area (Å²) in [6, 6.07) is 8.34. The van der Waals surface area contributed by atoms with Crippen molar-refractivity contribution in [2.24, 2.45) is 0 Å². The average molecular weight is 296 g/mol. The van der Waals surface area contributed by atoms with Gasteiger partial charge >= 0.3 is 0 Å². The van der Waals surface area contributed by atoms with Crippen LogP contribution in [0.3, 0.4) is 0 Å². The summed E-state index contributed by atoms with van der Waals surface area (Å²) in [7, 11) is 0. The van der Waals surface area contributed by atoms with Crippen molar-refractivity contribution in [2.45, 2.75) is 32.7 Å². The van der Waals surface area contributed by atoms with Gasteiger partial charge in [-0.1, -0.05) is 29.8 Å². The Morgan fingerprint density at radius 2 is 2.00 bits per heavy atom. The van der Waals surface area contributed by atoms with E-state index < -0.39 is 0 Å². The highest BCUT2D eigenvalue weighted by Crippen LogP contribution is 2.31. The first kappa shape index (κ1) is 12.8. The van der Waals surface area contributed by atoms with Crippen LogP contribution in [-0.2, 0) is 13.0 Å². The number of benzene rings is 1. The summed E-state index contributed by atoms with van der Waals surface area (Å²) in [5.74, 6) is 0.955. The third-order valence-corrected chi connectivity index (χ3v) is 5.04. The predicted molar refractivity (Wildman–Crippen MR) is 87.0 cm³/mol. The van der Waals surface area contributed by atoms with Crippen molar-refractivity contribution in [3.05, 3.63) is 51.4 Å². The molecule has 4 heteroatoms. The summed E-state index contributed by atoms with van der Waals surface area (Å²) in [5, 5.41) is 2.85. The topological polar surface area (TPSA) is 34.9 Å². The summed E-state index contributed by atoms with van der Waals surface area (Å²) in [6.07, 6.45) is 3.13. The number of thiophene rings is 1. The third kappa shape index (κ3) is 2.02. The Bertz CT molecular complexity index is 874. The second kappa shape index (κ2) is 4.81. The van der Waals surface area contributed by atoms with Gasteiger partial charge in [0.1, 0.15) is 10.7 Å². The maximum absolute atomic E-state index is 12.8. The molecule has 0 fully saturated rings. The SMILES string of the molecule is Cc1ccc(-c2csc3nc4n(c(=O)c23)CCCC4)cc1. The lowest BCUT2D eigenvalue weighted by molar-refractivity contribution is 0.501. The Kier molecular flexibility index (Phi) is 2.93. The first-order valence-electron chi connectivity index (χ1n) is 7.32. The molecular formula is C17H16N2OS. The molecule has 0 saturated heterocycles. The van der Waals surface area contributed by atoms with E-state index in [1.807, 2.05) is 4.57 Å². The third-order valence-electron chi connectivity index (χ3n) is 4.17.